The number of carbonyl (C=O) groups excluding carboxylic acids is 2. The van der Waals surface area contributed by atoms with Gasteiger partial charge in [0.05, 0.1) is 18.4 Å². The predicted molar refractivity (Wildman–Crippen MR) is 110 cm³/mol. The lowest BCUT2D eigenvalue weighted by Gasteiger charge is -2.23. The fourth-order valence-corrected chi connectivity index (χ4v) is 2.66. The molecule has 0 aliphatic rings. The first-order chi connectivity index (χ1) is 14.6. The molecule has 0 heterocycles. The highest BCUT2D eigenvalue weighted by Gasteiger charge is 2.31. The molecule has 172 valence electrons. The van der Waals surface area contributed by atoms with E-state index in [1.165, 1.54) is 13.0 Å². The number of aliphatic hydroxyl groups is 1. The molecule has 0 fully saturated rings. The number of carboxylic acids is 1. The van der Waals surface area contributed by atoms with Crippen molar-refractivity contribution in [3.05, 3.63) is 29.8 Å². The molecule has 0 aromatic heterocycles. The molecule has 1 rings (SSSR count). The second-order valence-corrected chi connectivity index (χ2v) is 6.88. The number of phenolic OH excluding ortho intramolecular Hbond substituents is 3. The van der Waals surface area contributed by atoms with Gasteiger partial charge in [-0.05, 0) is 18.9 Å². The highest BCUT2D eigenvalue weighted by molar-refractivity contribution is 5.90. The van der Waals surface area contributed by atoms with Gasteiger partial charge in [0.25, 0.3) is 5.91 Å². The van der Waals surface area contributed by atoms with Gasteiger partial charge in [-0.25, -0.2) is 5.43 Å². The number of allylic oxidation sites excluding steroid dienone is 2. The molecule has 11 nitrogen and oxygen atoms in total. The fourth-order valence-electron chi connectivity index (χ4n) is 2.66. The number of rotatable bonds is 12. The third-order valence-corrected chi connectivity index (χ3v) is 4.64. The maximum absolute atomic E-state index is 12.6. The van der Waals surface area contributed by atoms with Crippen LogP contribution in [0.25, 0.3) is 0 Å². The molecular weight excluding hydrogens is 410 g/mol. The first-order valence-corrected chi connectivity index (χ1v) is 9.68. The SMILES string of the molecule is CC/C=C/CC(C(=O)NC(CO)C(=O)NNCc1ccc(O)c(O)c1O)C(C)C(=O)O. The second-order valence-electron chi connectivity index (χ2n) is 6.88. The lowest BCUT2D eigenvalue weighted by Crippen LogP contribution is -2.54. The van der Waals surface area contributed by atoms with E-state index in [1.807, 2.05) is 6.92 Å². The van der Waals surface area contributed by atoms with E-state index >= 15 is 0 Å². The summed E-state index contributed by atoms with van der Waals surface area (Å²) in [7, 11) is 0. The number of carbonyl (C=O) groups is 3. The summed E-state index contributed by atoms with van der Waals surface area (Å²) >= 11 is 0. The molecule has 2 amide bonds. The summed E-state index contributed by atoms with van der Waals surface area (Å²) in [6.07, 6.45) is 4.37. The van der Waals surface area contributed by atoms with Gasteiger partial charge in [-0.2, -0.15) is 0 Å². The van der Waals surface area contributed by atoms with Gasteiger partial charge in [0, 0.05) is 12.1 Å². The van der Waals surface area contributed by atoms with Crippen molar-refractivity contribution in [2.45, 2.75) is 39.3 Å². The number of hydrogen-bond acceptors (Lipinski definition) is 8. The number of hydrazine groups is 1. The highest BCUT2D eigenvalue weighted by atomic mass is 16.4. The average Bonchev–Trinajstić information content (AvgIpc) is 2.74. The van der Waals surface area contributed by atoms with Gasteiger partial charge in [0.1, 0.15) is 6.04 Å². The summed E-state index contributed by atoms with van der Waals surface area (Å²) in [6, 6.07) is 1.12. The predicted octanol–water partition coefficient (Wildman–Crippen LogP) is 0.0945. The number of nitrogens with one attached hydrogen (secondary N) is 3. The zero-order valence-corrected chi connectivity index (χ0v) is 17.3. The molecule has 1 aromatic rings. The Bertz CT molecular complexity index is 812. The third-order valence-electron chi connectivity index (χ3n) is 4.64. The van der Waals surface area contributed by atoms with Gasteiger partial charge in [-0.1, -0.05) is 32.1 Å². The summed E-state index contributed by atoms with van der Waals surface area (Å²) in [5, 5.41) is 49.6. The van der Waals surface area contributed by atoms with E-state index in [0.717, 1.165) is 12.5 Å². The largest absolute Gasteiger partial charge is 0.504 e. The summed E-state index contributed by atoms with van der Waals surface area (Å²) in [6.45, 7) is 2.41. The van der Waals surface area contributed by atoms with Gasteiger partial charge in [-0.15, -0.1) is 0 Å². The molecule has 31 heavy (non-hydrogen) atoms. The van der Waals surface area contributed by atoms with Crippen molar-refractivity contribution in [2.75, 3.05) is 6.61 Å². The molecule has 3 unspecified atom stereocenters. The zero-order valence-electron chi connectivity index (χ0n) is 17.3. The van der Waals surface area contributed by atoms with Crippen LogP contribution in [0.1, 0.15) is 32.3 Å². The maximum Gasteiger partial charge on any atom is 0.307 e. The molecule has 0 bridgehead atoms. The van der Waals surface area contributed by atoms with E-state index in [9.17, 15) is 39.9 Å². The molecule has 8 N–H and O–H groups in total. The van der Waals surface area contributed by atoms with Crippen molar-refractivity contribution >= 4 is 17.8 Å². The molecule has 0 radical (unpaired) electrons. The number of hydrogen-bond donors (Lipinski definition) is 8. The van der Waals surface area contributed by atoms with E-state index in [1.54, 1.807) is 12.2 Å². The molecule has 0 spiro atoms. The number of phenols is 3. The Labute approximate surface area is 179 Å². The Kier molecular flexibility index (Phi) is 10.3. The molecule has 0 saturated heterocycles. The van der Waals surface area contributed by atoms with Crippen molar-refractivity contribution in [1.29, 1.82) is 0 Å². The van der Waals surface area contributed by atoms with Crippen molar-refractivity contribution in [2.24, 2.45) is 11.8 Å². The van der Waals surface area contributed by atoms with Crippen molar-refractivity contribution in [1.82, 2.24) is 16.2 Å². The van der Waals surface area contributed by atoms with Gasteiger partial charge < -0.3 is 30.8 Å². The number of aliphatic carboxylic acids is 1. The van der Waals surface area contributed by atoms with Crippen molar-refractivity contribution in [3.8, 4) is 17.2 Å². The Hall–Kier alpha value is -3.31. The van der Waals surface area contributed by atoms with E-state index in [-0.39, 0.29) is 18.5 Å². The topological polar surface area (TPSA) is 188 Å². The summed E-state index contributed by atoms with van der Waals surface area (Å²) in [5.41, 5.74) is 4.88. The summed E-state index contributed by atoms with van der Waals surface area (Å²) in [5.74, 6) is -6.38. The minimum Gasteiger partial charge on any atom is -0.504 e. The molecule has 1 aromatic carbocycles. The number of carboxylic acid groups (broad SMARTS) is 1. The van der Waals surface area contributed by atoms with Crippen LogP contribution in [0.15, 0.2) is 24.3 Å². The Morgan fingerprint density at radius 2 is 1.74 bits per heavy atom. The highest BCUT2D eigenvalue weighted by Crippen LogP contribution is 2.36. The number of amides is 2. The maximum atomic E-state index is 12.6. The minimum absolute atomic E-state index is 0.141. The van der Waals surface area contributed by atoms with Crippen LogP contribution in [-0.4, -0.2) is 56.0 Å². The Morgan fingerprint density at radius 1 is 1.06 bits per heavy atom. The second kappa shape index (κ2) is 12.4. The molecular formula is C20H29N3O8. The van der Waals surface area contributed by atoms with Gasteiger partial charge in [-0.3, -0.25) is 19.8 Å². The minimum atomic E-state index is -1.35. The van der Waals surface area contributed by atoms with E-state index < -0.39 is 59.5 Å². The Balaban J connectivity index is 2.73. The molecule has 11 heteroatoms. The summed E-state index contributed by atoms with van der Waals surface area (Å²) < 4.78 is 0. The molecule has 0 aliphatic carbocycles. The van der Waals surface area contributed by atoms with Gasteiger partial charge in [0.15, 0.2) is 11.5 Å². The van der Waals surface area contributed by atoms with Crippen LogP contribution in [0, 0.1) is 11.8 Å². The molecule has 0 saturated carbocycles. The molecule has 3 atom stereocenters. The van der Waals surface area contributed by atoms with Crippen LogP contribution in [0.2, 0.25) is 0 Å². The molecule has 0 aliphatic heterocycles. The first-order valence-electron chi connectivity index (χ1n) is 9.68. The first kappa shape index (κ1) is 25.7. The van der Waals surface area contributed by atoms with Crippen LogP contribution >= 0.6 is 0 Å². The van der Waals surface area contributed by atoms with Gasteiger partial charge >= 0.3 is 5.97 Å². The van der Waals surface area contributed by atoms with Crippen LogP contribution in [0.4, 0.5) is 0 Å². The average molecular weight is 439 g/mol. The smallest absolute Gasteiger partial charge is 0.307 e. The zero-order chi connectivity index (χ0) is 23.6. The van der Waals surface area contributed by atoms with Crippen LogP contribution in [-0.2, 0) is 20.9 Å². The monoisotopic (exact) mass is 439 g/mol. The van der Waals surface area contributed by atoms with Crippen molar-refractivity contribution in [3.63, 3.8) is 0 Å². The van der Waals surface area contributed by atoms with E-state index in [0.29, 0.717) is 0 Å². The number of benzene rings is 1. The lowest BCUT2D eigenvalue weighted by molar-refractivity contribution is -0.146. The number of aromatic hydroxyl groups is 3. The standard InChI is InChI=1S/C20H29N3O8/c1-3-4-5-6-13(11(2)20(30)31)18(28)22-14(10-24)19(29)23-21-9-12-7-8-15(25)17(27)16(12)26/h4-5,7-8,11,13-14,21,24-27H,3,6,9-10H2,1-2H3,(H,22,28)(H,23,29)(H,30,31)/b5-4+. The van der Waals surface area contributed by atoms with E-state index in [2.05, 4.69) is 16.2 Å². The summed E-state index contributed by atoms with van der Waals surface area (Å²) in [4.78, 5) is 36.1. The fraction of sp³-hybridized carbons (Fsp3) is 0.450. The normalized spacial score (nSPS) is 14.0. The third kappa shape index (κ3) is 7.46. The lowest BCUT2D eigenvalue weighted by atomic mass is 9.89. The Morgan fingerprint density at radius 3 is 2.32 bits per heavy atom. The quantitative estimate of drug-likeness (QED) is 0.127. The van der Waals surface area contributed by atoms with Crippen molar-refractivity contribution < 1.29 is 39.9 Å². The van der Waals surface area contributed by atoms with E-state index in [4.69, 9.17) is 0 Å². The van der Waals surface area contributed by atoms with Crippen LogP contribution < -0.4 is 16.2 Å². The van der Waals surface area contributed by atoms with Crippen LogP contribution in [0.5, 0.6) is 17.2 Å². The van der Waals surface area contributed by atoms with Gasteiger partial charge in [0.2, 0.25) is 11.7 Å². The number of aliphatic hydroxyl groups excluding tert-OH is 1. The van der Waals surface area contributed by atoms with Crippen LogP contribution in [0.3, 0.4) is 0 Å².